The van der Waals surface area contributed by atoms with Crippen LogP contribution in [0.15, 0.2) is 30.7 Å². The first-order valence-corrected chi connectivity index (χ1v) is 9.63. The summed E-state index contributed by atoms with van der Waals surface area (Å²) < 4.78 is 53.4. The van der Waals surface area contributed by atoms with Crippen molar-refractivity contribution >= 4 is 23.2 Å². The van der Waals surface area contributed by atoms with E-state index in [0.29, 0.717) is 16.1 Å². The second-order valence-corrected chi connectivity index (χ2v) is 7.31. The smallest absolute Gasteiger partial charge is 0.263 e. The lowest BCUT2D eigenvalue weighted by atomic mass is 10.0. The zero-order valence-electron chi connectivity index (χ0n) is 16.1. The summed E-state index contributed by atoms with van der Waals surface area (Å²) in [5, 5.41) is 9.34. The van der Waals surface area contributed by atoms with Gasteiger partial charge in [-0.3, -0.25) is 9.59 Å². The lowest BCUT2D eigenvalue weighted by molar-refractivity contribution is 0.0934. The Kier molecular flexibility index (Phi) is 6.63. The predicted molar refractivity (Wildman–Crippen MR) is 103 cm³/mol. The highest BCUT2D eigenvalue weighted by Crippen LogP contribution is 2.27. The number of carbonyl (C=O) groups excluding carboxylic acids is 2. The average Bonchev–Trinajstić information content (AvgIpc) is 3.42. The molecule has 0 radical (unpaired) electrons. The van der Waals surface area contributed by atoms with Crippen molar-refractivity contribution in [3.05, 3.63) is 58.1 Å². The van der Waals surface area contributed by atoms with Crippen molar-refractivity contribution in [2.45, 2.75) is 25.8 Å². The van der Waals surface area contributed by atoms with Gasteiger partial charge in [-0.1, -0.05) is 11.3 Å². The van der Waals surface area contributed by atoms with Crippen molar-refractivity contribution in [3.63, 3.8) is 0 Å². The summed E-state index contributed by atoms with van der Waals surface area (Å²) in [6.45, 7) is 1.55. The number of hydrogen-bond acceptors (Lipinski definition) is 6. The number of nitrogens with zero attached hydrogens (tertiary/aromatic N) is 4. The summed E-state index contributed by atoms with van der Waals surface area (Å²) in [5.41, 5.74) is -1.69. The highest BCUT2D eigenvalue weighted by molar-refractivity contribution is 7.16. The second kappa shape index (κ2) is 9.20. The first kappa shape index (κ1) is 22.3. The molecule has 3 rings (SSSR count). The maximum absolute atomic E-state index is 13.0. The van der Waals surface area contributed by atoms with Gasteiger partial charge in [0.15, 0.2) is 5.82 Å². The summed E-state index contributed by atoms with van der Waals surface area (Å²) in [7, 11) is 1.47. The van der Waals surface area contributed by atoms with Crippen LogP contribution in [-0.2, 0) is 0 Å². The molecule has 0 saturated heterocycles. The Morgan fingerprint density at radius 3 is 2.26 bits per heavy atom. The number of nitrogens with one attached hydrogen (secondary N) is 2. The van der Waals surface area contributed by atoms with Crippen LogP contribution in [0.2, 0.25) is 0 Å². The molecule has 8 nitrogen and oxygen atoms in total. The van der Waals surface area contributed by atoms with Crippen LogP contribution in [0.3, 0.4) is 0 Å². The molecule has 0 aliphatic rings. The van der Waals surface area contributed by atoms with Gasteiger partial charge in [0.2, 0.25) is 5.13 Å². The van der Waals surface area contributed by atoms with Gasteiger partial charge < -0.3 is 10.6 Å². The summed E-state index contributed by atoms with van der Waals surface area (Å²) in [5.74, 6) is -0.928. The molecule has 0 aliphatic carbocycles. The highest BCUT2D eigenvalue weighted by Gasteiger charge is 2.22. The van der Waals surface area contributed by atoms with Crippen molar-refractivity contribution in [2.24, 2.45) is 0 Å². The molecule has 2 amide bonds. The molecule has 0 bridgehead atoms. The van der Waals surface area contributed by atoms with Crippen LogP contribution in [0.4, 0.5) is 17.6 Å². The monoisotopic (exact) mass is 456 g/mol. The standard InChI is InChI=1S/C18H16F4N6O2S/c1-8(15-25-7-26-28(15)18-24-6-12(31-18)17(30)23-2)27-16(29)11-4-9(13(19)20)3-10(5-11)14(21)22/h3-8,13-14H,1-2H3,(H,23,30)(H,27,29)/t8-/m0/s1. The summed E-state index contributed by atoms with van der Waals surface area (Å²) >= 11 is 1.04. The van der Waals surface area contributed by atoms with Crippen LogP contribution in [0.25, 0.3) is 5.13 Å². The first-order chi connectivity index (χ1) is 14.7. The Morgan fingerprint density at radius 1 is 1.03 bits per heavy atom. The number of rotatable bonds is 7. The fourth-order valence-corrected chi connectivity index (χ4v) is 3.52. The molecule has 0 spiro atoms. The second-order valence-electron chi connectivity index (χ2n) is 6.30. The first-order valence-electron chi connectivity index (χ1n) is 8.81. The van der Waals surface area contributed by atoms with Gasteiger partial charge in [-0.25, -0.2) is 27.5 Å². The number of aromatic nitrogens is 4. The lowest BCUT2D eigenvalue weighted by Crippen LogP contribution is -2.29. The van der Waals surface area contributed by atoms with Crippen LogP contribution in [0.1, 0.15) is 62.8 Å². The molecule has 0 fully saturated rings. The molecule has 2 heterocycles. The number of halogens is 4. The van der Waals surface area contributed by atoms with Gasteiger partial charge in [0.1, 0.15) is 11.2 Å². The van der Waals surface area contributed by atoms with E-state index in [9.17, 15) is 27.2 Å². The molecule has 3 aromatic rings. The Morgan fingerprint density at radius 2 is 1.68 bits per heavy atom. The number of amides is 2. The third kappa shape index (κ3) is 4.87. The highest BCUT2D eigenvalue weighted by atomic mass is 32.1. The average molecular weight is 456 g/mol. The maximum Gasteiger partial charge on any atom is 0.263 e. The van der Waals surface area contributed by atoms with Gasteiger partial charge in [-0.05, 0) is 25.1 Å². The fourth-order valence-electron chi connectivity index (χ4n) is 2.69. The number of alkyl halides is 4. The van der Waals surface area contributed by atoms with E-state index in [1.165, 1.54) is 24.3 Å². The van der Waals surface area contributed by atoms with E-state index in [-0.39, 0.29) is 17.3 Å². The SMILES string of the molecule is CNC(=O)c1cnc(-n2ncnc2[C@H](C)NC(=O)c2cc(C(F)F)cc(C(F)F)c2)s1. The van der Waals surface area contributed by atoms with Crippen LogP contribution in [-0.4, -0.2) is 38.6 Å². The third-order valence-corrected chi connectivity index (χ3v) is 5.15. The van der Waals surface area contributed by atoms with Gasteiger partial charge in [0.05, 0.1) is 12.2 Å². The van der Waals surface area contributed by atoms with Crippen molar-refractivity contribution < 1.29 is 27.2 Å². The van der Waals surface area contributed by atoms with E-state index in [2.05, 4.69) is 25.7 Å². The van der Waals surface area contributed by atoms with Crippen LogP contribution >= 0.6 is 11.3 Å². The summed E-state index contributed by atoms with van der Waals surface area (Å²) in [6, 6.07) is 1.60. The van der Waals surface area contributed by atoms with Gasteiger partial charge in [0.25, 0.3) is 24.7 Å². The topological polar surface area (TPSA) is 102 Å². The number of hydrogen-bond donors (Lipinski definition) is 2. The zero-order valence-corrected chi connectivity index (χ0v) is 17.0. The Hall–Kier alpha value is -3.35. The maximum atomic E-state index is 13.0. The van der Waals surface area contributed by atoms with E-state index in [0.717, 1.165) is 23.5 Å². The fraction of sp³-hybridized carbons (Fsp3) is 0.278. The van der Waals surface area contributed by atoms with Gasteiger partial charge in [0, 0.05) is 23.7 Å². The molecule has 2 N–H and O–H groups in total. The molecular weight excluding hydrogens is 440 g/mol. The minimum absolute atomic E-state index is 0.241. The van der Waals surface area contributed by atoms with Crippen molar-refractivity contribution in [1.29, 1.82) is 0 Å². The normalized spacial score (nSPS) is 12.3. The van der Waals surface area contributed by atoms with Gasteiger partial charge >= 0.3 is 0 Å². The van der Waals surface area contributed by atoms with E-state index in [4.69, 9.17) is 0 Å². The molecule has 13 heteroatoms. The summed E-state index contributed by atoms with van der Waals surface area (Å²) in [6.07, 6.45) is -3.45. The van der Waals surface area contributed by atoms with E-state index < -0.39 is 35.9 Å². The third-order valence-electron chi connectivity index (χ3n) is 4.18. The zero-order chi connectivity index (χ0) is 22.7. The molecule has 2 aromatic heterocycles. The number of carbonyl (C=O) groups is 2. The molecule has 31 heavy (non-hydrogen) atoms. The van der Waals surface area contributed by atoms with Crippen LogP contribution < -0.4 is 10.6 Å². The number of benzene rings is 1. The largest absolute Gasteiger partial charge is 0.354 e. The van der Waals surface area contributed by atoms with Crippen molar-refractivity contribution in [1.82, 2.24) is 30.4 Å². The predicted octanol–water partition coefficient (Wildman–Crippen LogP) is 3.45. The molecule has 0 saturated carbocycles. The minimum atomic E-state index is -3.01. The number of thiazole rings is 1. The Labute approximate surface area is 177 Å². The summed E-state index contributed by atoms with van der Waals surface area (Å²) in [4.78, 5) is 32.8. The molecular formula is C18H16F4N6O2S. The Balaban J connectivity index is 1.84. The van der Waals surface area contributed by atoms with E-state index in [1.807, 2.05) is 0 Å². The molecule has 0 unspecified atom stereocenters. The molecule has 164 valence electrons. The van der Waals surface area contributed by atoms with E-state index in [1.54, 1.807) is 6.92 Å². The quantitative estimate of drug-likeness (QED) is 0.531. The van der Waals surface area contributed by atoms with Crippen LogP contribution in [0.5, 0.6) is 0 Å². The molecule has 0 aliphatic heterocycles. The molecule has 1 aromatic carbocycles. The van der Waals surface area contributed by atoms with Crippen LogP contribution in [0, 0.1) is 0 Å². The van der Waals surface area contributed by atoms with Gasteiger partial charge in [-0.2, -0.15) is 9.78 Å². The van der Waals surface area contributed by atoms with Crippen molar-refractivity contribution in [3.8, 4) is 5.13 Å². The molecule has 1 atom stereocenters. The van der Waals surface area contributed by atoms with Crippen molar-refractivity contribution in [2.75, 3.05) is 7.05 Å². The minimum Gasteiger partial charge on any atom is -0.354 e. The van der Waals surface area contributed by atoms with E-state index >= 15 is 0 Å². The van der Waals surface area contributed by atoms with Gasteiger partial charge in [-0.15, -0.1) is 0 Å². The lowest BCUT2D eigenvalue weighted by Gasteiger charge is -2.15. The Bertz CT molecular complexity index is 1070.